The van der Waals surface area contributed by atoms with Crippen molar-refractivity contribution >= 4 is 0 Å². The molecular formula is C18H30N2. The zero-order chi connectivity index (χ0) is 14.4. The van der Waals surface area contributed by atoms with Gasteiger partial charge in [0.1, 0.15) is 0 Å². The molecule has 0 bridgehead atoms. The Kier molecular flexibility index (Phi) is 6.06. The Bertz CT molecular complexity index is 379. The van der Waals surface area contributed by atoms with Crippen molar-refractivity contribution in [3.05, 3.63) is 35.4 Å². The maximum absolute atomic E-state index is 3.52. The van der Waals surface area contributed by atoms with Crippen molar-refractivity contribution in [3.8, 4) is 0 Å². The molecule has 112 valence electrons. The summed E-state index contributed by atoms with van der Waals surface area (Å²) in [5.41, 5.74) is 2.93. The molecule has 1 aromatic rings. The fourth-order valence-electron chi connectivity index (χ4n) is 3.41. The Labute approximate surface area is 124 Å². The molecule has 0 aromatic heterocycles. The van der Waals surface area contributed by atoms with Crippen LogP contribution >= 0.6 is 0 Å². The molecule has 2 rings (SSSR count). The lowest BCUT2D eigenvalue weighted by atomic mass is 9.98. The lowest BCUT2D eigenvalue weighted by Gasteiger charge is -2.36. The Morgan fingerprint density at radius 2 is 1.95 bits per heavy atom. The average Bonchev–Trinajstić information content (AvgIpc) is 3.02. The minimum Gasteiger partial charge on any atom is -0.315 e. The van der Waals surface area contributed by atoms with Gasteiger partial charge in [-0.2, -0.15) is 0 Å². The first-order chi connectivity index (χ1) is 9.80. The van der Waals surface area contributed by atoms with Gasteiger partial charge in [0.25, 0.3) is 0 Å². The molecule has 0 radical (unpaired) electrons. The van der Waals surface area contributed by atoms with E-state index in [2.05, 4.69) is 55.3 Å². The van der Waals surface area contributed by atoms with Gasteiger partial charge in [0, 0.05) is 18.6 Å². The first-order valence-corrected chi connectivity index (χ1v) is 8.35. The maximum Gasteiger partial charge on any atom is 0.0348 e. The molecule has 1 saturated heterocycles. The van der Waals surface area contributed by atoms with Crippen molar-refractivity contribution in [3.63, 3.8) is 0 Å². The summed E-state index contributed by atoms with van der Waals surface area (Å²) in [6, 6.07) is 10.6. The van der Waals surface area contributed by atoms with Crippen molar-refractivity contribution in [1.29, 1.82) is 0 Å². The van der Waals surface area contributed by atoms with Crippen molar-refractivity contribution in [2.75, 3.05) is 19.6 Å². The van der Waals surface area contributed by atoms with Gasteiger partial charge in [0.05, 0.1) is 0 Å². The minimum absolute atomic E-state index is 0.575. The molecule has 0 spiro atoms. The van der Waals surface area contributed by atoms with E-state index >= 15 is 0 Å². The van der Waals surface area contributed by atoms with E-state index < -0.39 is 0 Å². The van der Waals surface area contributed by atoms with E-state index in [0.29, 0.717) is 12.1 Å². The van der Waals surface area contributed by atoms with E-state index in [-0.39, 0.29) is 0 Å². The Balaban J connectivity index is 2.17. The highest BCUT2D eigenvalue weighted by Gasteiger charge is 2.27. The molecule has 20 heavy (non-hydrogen) atoms. The van der Waals surface area contributed by atoms with Crippen LogP contribution in [0.2, 0.25) is 0 Å². The fourth-order valence-corrected chi connectivity index (χ4v) is 3.41. The molecule has 1 aliphatic rings. The van der Waals surface area contributed by atoms with Crippen LogP contribution in [0.3, 0.4) is 0 Å². The second kappa shape index (κ2) is 7.80. The van der Waals surface area contributed by atoms with E-state index in [1.807, 2.05) is 0 Å². The van der Waals surface area contributed by atoms with Crippen LogP contribution in [-0.2, 0) is 6.42 Å². The second-order valence-corrected chi connectivity index (χ2v) is 5.90. The molecule has 0 amide bonds. The molecule has 2 heteroatoms. The van der Waals surface area contributed by atoms with Gasteiger partial charge in [-0.05, 0) is 49.9 Å². The summed E-state index contributed by atoms with van der Waals surface area (Å²) in [6.07, 6.45) is 4.86. The standard InChI is InChI=1S/C18H30N2/c1-4-13-20(17-11-12-19-14-17)18(6-3)16-9-7-15(5-2)8-10-16/h7-10,17-19H,4-6,11-14H2,1-3H3. The summed E-state index contributed by atoms with van der Waals surface area (Å²) < 4.78 is 0. The van der Waals surface area contributed by atoms with Crippen molar-refractivity contribution in [2.24, 2.45) is 0 Å². The molecule has 1 fully saturated rings. The highest BCUT2D eigenvalue weighted by molar-refractivity contribution is 5.25. The predicted molar refractivity (Wildman–Crippen MR) is 87.1 cm³/mol. The maximum atomic E-state index is 3.52. The second-order valence-electron chi connectivity index (χ2n) is 5.90. The zero-order valence-electron chi connectivity index (χ0n) is 13.4. The molecule has 2 nitrogen and oxygen atoms in total. The third-order valence-corrected chi connectivity index (χ3v) is 4.54. The Morgan fingerprint density at radius 1 is 1.20 bits per heavy atom. The number of hydrogen-bond acceptors (Lipinski definition) is 2. The van der Waals surface area contributed by atoms with Crippen LogP contribution in [0.4, 0.5) is 0 Å². The van der Waals surface area contributed by atoms with Gasteiger partial charge >= 0.3 is 0 Å². The van der Waals surface area contributed by atoms with Gasteiger partial charge in [0.15, 0.2) is 0 Å². The van der Waals surface area contributed by atoms with E-state index in [1.54, 1.807) is 0 Å². The van der Waals surface area contributed by atoms with Gasteiger partial charge in [-0.25, -0.2) is 0 Å². The number of nitrogens with zero attached hydrogens (tertiary/aromatic N) is 1. The third-order valence-electron chi connectivity index (χ3n) is 4.54. The smallest absolute Gasteiger partial charge is 0.0348 e. The summed E-state index contributed by atoms with van der Waals surface area (Å²) in [6.45, 7) is 10.4. The summed E-state index contributed by atoms with van der Waals surface area (Å²) in [7, 11) is 0. The van der Waals surface area contributed by atoms with Crippen LogP contribution < -0.4 is 5.32 Å². The van der Waals surface area contributed by atoms with Crippen LogP contribution in [0.15, 0.2) is 24.3 Å². The molecule has 1 N–H and O–H groups in total. The monoisotopic (exact) mass is 274 g/mol. The molecule has 2 atom stereocenters. The first-order valence-electron chi connectivity index (χ1n) is 8.35. The van der Waals surface area contributed by atoms with E-state index in [0.717, 1.165) is 13.0 Å². The van der Waals surface area contributed by atoms with Gasteiger partial charge in [-0.15, -0.1) is 0 Å². The van der Waals surface area contributed by atoms with Crippen molar-refractivity contribution < 1.29 is 0 Å². The van der Waals surface area contributed by atoms with Crippen molar-refractivity contribution in [2.45, 2.75) is 58.5 Å². The van der Waals surface area contributed by atoms with Crippen LogP contribution in [0.5, 0.6) is 0 Å². The van der Waals surface area contributed by atoms with Crippen molar-refractivity contribution in [1.82, 2.24) is 10.2 Å². The lowest BCUT2D eigenvalue weighted by molar-refractivity contribution is 0.138. The summed E-state index contributed by atoms with van der Waals surface area (Å²) >= 11 is 0. The summed E-state index contributed by atoms with van der Waals surface area (Å²) in [5.74, 6) is 0. The topological polar surface area (TPSA) is 15.3 Å². The van der Waals surface area contributed by atoms with Crippen LogP contribution in [-0.4, -0.2) is 30.6 Å². The number of rotatable bonds is 7. The SMILES string of the molecule is CCCN(C1CCNC1)C(CC)c1ccc(CC)cc1. The molecular weight excluding hydrogens is 244 g/mol. The summed E-state index contributed by atoms with van der Waals surface area (Å²) in [5, 5.41) is 3.52. The fraction of sp³-hybridized carbons (Fsp3) is 0.667. The lowest BCUT2D eigenvalue weighted by Crippen LogP contribution is -2.40. The minimum atomic E-state index is 0.575. The normalized spacial score (nSPS) is 20.5. The first kappa shape index (κ1) is 15.5. The third kappa shape index (κ3) is 3.62. The largest absolute Gasteiger partial charge is 0.315 e. The van der Waals surface area contributed by atoms with Crippen LogP contribution in [0, 0.1) is 0 Å². The summed E-state index contributed by atoms with van der Waals surface area (Å²) in [4.78, 5) is 2.74. The van der Waals surface area contributed by atoms with Gasteiger partial charge in [-0.3, -0.25) is 4.90 Å². The van der Waals surface area contributed by atoms with Gasteiger partial charge in [-0.1, -0.05) is 45.0 Å². The van der Waals surface area contributed by atoms with Crippen LogP contribution in [0.25, 0.3) is 0 Å². The van der Waals surface area contributed by atoms with E-state index in [9.17, 15) is 0 Å². The zero-order valence-corrected chi connectivity index (χ0v) is 13.4. The molecule has 1 heterocycles. The number of aryl methyl sites for hydroxylation is 1. The molecule has 0 aliphatic carbocycles. The number of benzene rings is 1. The molecule has 1 aromatic carbocycles. The van der Waals surface area contributed by atoms with Gasteiger partial charge in [0.2, 0.25) is 0 Å². The molecule has 2 unspecified atom stereocenters. The highest BCUT2D eigenvalue weighted by Crippen LogP contribution is 2.28. The van der Waals surface area contributed by atoms with Gasteiger partial charge < -0.3 is 5.32 Å². The Morgan fingerprint density at radius 3 is 2.45 bits per heavy atom. The van der Waals surface area contributed by atoms with E-state index in [1.165, 1.54) is 43.5 Å². The Hall–Kier alpha value is -0.860. The predicted octanol–water partition coefficient (Wildman–Crippen LogP) is 3.77. The highest BCUT2D eigenvalue weighted by atomic mass is 15.2. The molecule has 0 saturated carbocycles. The van der Waals surface area contributed by atoms with Crippen LogP contribution in [0.1, 0.15) is 57.2 Å². The molecule has 1 aliphatic heterocycles. The number of nitrogens with one attached hydrogen (secondary N) is 1. The quantitative estimate of drug-likeness (QED) is 0.814. The van der Waals surface area contributed by atoms with E-state index in [4.69, 9.17) is 0 Å². The number of hydrogen-bond donors (Lipinski definition) is 1. The average molecular weight is 274 g/mol.